The van der Waals surface area contributed by atoms with Gasteiger partial charge in [-0.05, 0) is 18.3 Å². The molecule has 4 heteroatoms. The minimum atomic E-state index is 0.458. The first kappa shape index (κ1) is 14.2. The van der Waals surface area contributed by atoms with Crippen LogP contribution in [-0.4, -0.2) is 53.6 Å². The highest BCUT2D eigenvalue weighted by Crippen LogP contribution is 2.35. The lowest BCUT2D eigenvalue weighted by Gasteiger charge is -2.43. The molecule has 0 aromatic carbocycles. The zero-order chi connectivity index (χ0) is 12.3. The lowest BCUT2D eigenvalue weighted by Crippen LogP contribution is -2.48. The average molecular weight is 322 g/mol. The first-order valence-electron chi connectivity index (χ1n) is 6.65. The lowest BCUT2D eigenvalue weighted by molar-refractivity contribution is 0.00797. The van der Waals surface area contributed by atoms with Gasteiger partial charge in [0.25, 0.3) is 0 Å². The van der Waals surface area contributed by atoms with E-state index in [0.29, 0.717) is 5.41 Å². The minimum absolute atomic E-state index is 0.458. The Bertz CT molecular complexity index is 236. The fourth-order valence-corrected chi connectivity index (χ4v) is 5.15. The molecule has 0 saturated carbocycles. The Labute approximate surface area is 118 Å². The molecule has 2 aliphatic heterocycles. The van der Waals surface area contributed by atoms with Crippen LogP contribution in [0.5, 0.6) is 0 Å². The highest BCUT2D eigenvalue weighted by atomic mass is 79.9. The molecule has 0 aromatic rings. The van der Waals surface area contributed by atoms with Crippen molar-refractivity contribution >= 4 is 27.7 Å². The third kappa shape index (κ3) is 3.85. The number of halogens is 1. The van der Waals surface area contributed by atoms with Gasteiger partial charge in [-0.1, -0.05) is 29.8 Å². The fourth-order valence-electron chi connectivity index (χ4n) is 3.03. The Hall–Kier alpha value is 0.750. The van der Waals surface area contributed by atoms with Crippen LogP contribution < -0.4 is 0 Å². The van der Waals surface area contributed by atoms with Crippen LogP contribution in [0.3, 0.4) is 0 Å². The average Bonchev–Trinajstić information content (AvgIpc) is 2.29. The summed E-state index contributed by atoms with van der Waals surface area (Å²) in [5.41, 5.74) is 0.458. The van der Waals surface area contributed by atoms with Crippen molar-refractivity contribution in [3.8, 4) is 0 Å². The summed E-state index contributed by atoms with van der Waals surface area (Å²) < 4.78 is 5.51. The van der Waals surface area contributed by atoms with Crippen LogP contribution in [0, 0.1) is 5.41 Å². The number of hydrogen-bond donors (Lipinski definition) is 0. The number of alkyl halides is 1. The zero-order valence-electron chi connectivity index (χ0n) is 11.0. The molecule has 0 amide bonds. The molecule has 0 bridgehead atoms. The molecule has 2 atom stereocenters. The molecule has 2 nitrogen and oxygen atoms in total. The van der Waals surface area contributed by atoms with Crippen LogP contribution in [0.1, 0.15) is 26.7 Å². The van der Waals surface area contributed by atoms with Crippen LogP contribution in [-0.2, 0) is 4.74 Å². The molecule has 2 aliphatic rings. The molecular formula is C13H24BrNOS. The number of ether oxygens (including phenoxy) is 1. The molecule has 0 radical (unpaired) electrons. The van der Waals surface area contributed by atoms with Gasteiger partial charge in [-0.3, -0.25) is 0 Å². The highest BCUT2D eigenvalue weighted by molar-refractivity contribution is 9.09. The predicted molar refractivity (Wildman–Crippen MR) is 79.2 cm³/mol. The lowest BCUT2D eigenvalue weighted by atomic mass is 9.81. The van der Waals surface area contributed by atoms with Crippen LogP contribution in [0.2, 0.25) is 0 Å². The maximum Gasteiger partial charge on any atom is 0.0472 e. The molecule has 17 heavy (non-hydrogen) atoms. The van der Waals surface area contributed by atoms with Crippen LogP contribution in [0.4, 0.5) is 0 Å². The van der Waals surface area contributed by atoms with Crippen molar-refractivity contribution in [3.05, 3.63) is 0 Å². The van der Waals surface area contributed by atoms with E-state index >= 15 is 0 Å². The van der Waals surface area contributed by atoms with Gasteiger partial charge in [0.05, 0.1) is 0 Å². The topological polar surface area (TPSA) is 12.5 Å². The van der Waals surface area contributed by atoms with Crippen LogP contribution in [0.15, 0.2) is 0 Å². The van der Waals surface area contributed by atoms with Gasteiger partial charge in [-0.2, -0.15) is 11.8 Å². The van der Waals surface area contributed by atoms with Gasteiger partial charge >= 0.3 is 0 Å². The molecule has 100 valence electrons. The highest BCUT2D eigenvalue weighted by Gasteiger charge is 2.35. The number of thioether (sulfide) groups is 1. The van der Waals surface area contributed by atoms with Crippen molar-refractivity contribution < 1.29 is 4.74 Å². The SMILES string of the molecule is CC1CN(CC2(CBr)CCOCC2)CC(C)S1. The molecular weight excluding hydrogens is 298 g/mol. The summed E-state index contributed by atoms with van der Waals surface area (Å²) in [5, 5.41) is 2.69. The Morgan fingerprint density at radius 3 is 2.35 bits per heavy atom. The van der Waals surface area contributed by atoms with Gasteiger partial charge in [0.1, 0.15) is 0 Å². The zero-order valence-corrected chi connectivity index (χ0v) is 13.4. The molecule has 2 rings (SSSR count). The maximum absolute atomic E-state index is 5.51. The second kappa shape index (κ2) is 6.27. The Morgan fingerprint density at radius 1 is 1.24 bits per heavy atom. The number of nitrogens with zero attached hydrogens (tertiary/aromatic N) is 1. The van der Waals surface area contributed by atoms with Gasteiger partial charge in [-0.25, -0.2) is 0 Å². The van der Waals surface area contributed by atoms with Gasteiger partial charge in [0.2, 0.25) is 0 Å². The first-order valence-corrected chi connectivity index (χ1v) is 8.71. The summed E-state index contributed by atoms with van der Waals surface area (Å²) in [5.74, 6) is 0. The molecule has 2 fully saturated rings. The fraction of sp³-hybridized carbons (Fsp3) is 1.00. The quantitative estimate of drug-likeness (QED) is 0.741. The standard InChI is InChI=1S/C13H24BrNOS/c1-11-7-15(8-12(2)17-11)10-13(9-14)3-5-16-6-4-13/h11-12H,3-10H2,1-2H3. The van der Waals surface area contributed by atoms with Crippen molar-refractivity contribution in [2.24, 2.45) is 5.41 Å². The van der Waals surface area contributed by atoms with E-state index in [0.717, 1.165) is 29.0 Å². The van der Waals surface area contributed by atoms with E-state index in [-0.39, 0.29) is 0 Å². The summed E-state index contributed by atoms with van der Waals surface area (Å²) in [6, 6.07) is 0. The third-order valence-corrected chi connectivity index (χ3v) is 6.31. The van der Waals surface area contributed by atoms with E-state index in [1.165, 1.54) is 32.5 Å². The molecule has 2 saturated heterocycles. The van der Waals surface area contributed by atoms with Crippen molar-refractivity contribution in [1.82, 2.24) is 4.90 Å². The maximum atomic E-state index is 5.51. The van der Waals surface area contributed by atoms with Gasteiger partial charge in [-0.15, -0.1) is 0 Å². The second-order valence-corrected chi connectivity index (χ2v) is 8.14. The van der Waals surface area contributed by atoms with Crippen LogP contribution >= 0.6 is 27.7 Å². The van der Waals surface area contributed by atoms with E-state index < -0.39 is 0 Å². The summed E-state index contributed by atoms with van der Waals surface area (Å²) in [6.07, 6.45) is 2.43. The van der Waals surface area contributed by atoms with Gasteiger partial charge < -0.3 is 9.64 Å². The van der Waals surface area contributed by atoms with Crippen molar-refractivity contribution in [3.63, 3.8) is 0 Å². The van der Waals surface area contributed by atoms with E-state index in [1.54, 1.807) is 0 Å². The molecule has 0 aliphatic carbocycles. The van der Waals surface area contributed by atoms with E-state index in [4.69, 9.17) is 4.74 Å². The number of hydrogen-bond acceptors (Lipinski definition) is 3. The molecule has 0 N–H and O–H groups in total. The Morgan fingerprint density at radius 2 is 1.82 bits per heavy atom. The molecule has 2 unspecified atom stereocenters. The smallest absolute Gasteiger partial charge is 0.0472 e. The van der Waals surface area contributed by atoms with Crippen molar-refractivity contribution in [2.45, 2.75) is 37.2 Å². The summed E-state index contributed by atoms with van der Waals surface area (Å²) in [7, 11) is 0. The summed E-state index contributed by atoms with van der Waals surface area (Å²) in [4.78, 5) is 2.68. The Kier molecular flexibility index (Phi) is 5.22. The van der Waals surface area contributed by atoms with Gasteiger partial charge in [0.15, 0.2) is 0 Å². The van der Waals surface area contributed by atoms with Crippen LogP contribution in [0.25, 0.3) is 0 Å². The summed E-state index contributed by atoms with van der Waals surface area (Å²) >= 11 is 5.87. The number of rotatable bonds is 3. The van der Waals surface area contributed by atoms with E-state index in [1.807, 2.05) is 0 Å². The normalized spacial score (nSPS) is 34.8. The molecule has 0 aromatic heterocycles. The monoisotopic (exact) mass is 321 g/mol. The van der Waals surface area contributed by atoms with E-state index in [2.05, 4.69) is 46.4 Å². The molecule has 2 heterocycles. The van der Waals surface area contributed by atoms with Crippen molar-refractivity contribution in [1.29, 1.82) is 0 Å². The largest absolute Gasteiger partial charge is 0.381 e. The van der Waals surface area contributed by atoms with Crippen molar-refractivity contribution in [2.75, 3.05) is 38.2 Å². The predicted octanol–water partition coefficient (Wildman–Crippen LogP) is 3.00. The molecule has 0 spiro atoms. The van der Waals surface area contributed by atoms with Gasteiger partial charge in [0, 0.05) is 48.7 Å². The third-order valence-electron chi connectivity index (χ3n) is 3.89. The first-order chi connectivity index (χ1) is 8.13. The Balaban J connectivity index is 1.93. The summed E-state index contributed by atoms with van der Waals surface area (Å²) in [6.45, 7) is 10.4. The van der Waals surface area contributed by atoms with E-state index in [9.17, 15) is 0 Å². The second-order valence-electron chi connectivity index (χ2n) is 5.70. The minimum Gasteiger partial charge on any atom is -0.381 e.